The van der Waals surface area contributed by atoms with Crippen molar-refractivity contribution in [3.05, 3.63) is 66.0 Å². The molecule has 1 atom stereocenters. The third kappa shape index (κ3) is 5.43. The fourth-order valence-corrected chi connectivity index (χ4v) is 2.02. The zero-order valence-electron chi connectivity index (χ0n) is 12.2. The van der Waals surface area contributed by atoms with Gasteiger partial charge in [-0.1, -0.05) is 30.3 Å². The number of carboxylic acid groups (broad SMARTS) is 1. The molecule has 6 heteroatoms. The molecule has 2 rings (SSSR count). The van der Waals surface area contributed by atoms with E-state index < -0.39 is 23.7 Å². The van der Waals surface area contributed by atoms with Crippen LogP contribution < -0.4 is 10.1 Å². The molecule has 0 bridgehead atoms. The number of nitrogens with one attached hydrogen (secondary N) is 1. The van der Waals surface area contributed by atoms with Crippen LogP contribution in [0.3, 0.4) is 0 Å². The molecular weight excluding hydrogens is 301 g/mol. The van der Waals surface area contributed by atoms with Crippen molar-refractivity contribution in [3.63, 3.8) is 0 Å². The van der Waals surface area contributed by atoms with Crippen LogP contribution in [-0.2, 0) is 9.59 Å². The maximum absolute atomic E-state index is 13.0. The van der Waals surface area contributed by atoms with Gasteiger partial charge in [-0.05, 0) is 29.8 Å². The average molecular weight is 317 g/mol. The molecule has 0 aromatic heterocycles. The van der Waals surface area contributed by atoms with Gasteiger partial charge in [0.05, 0.1) is 12.5 Å². The number of ether oxygens (including phenoxy) is 1. The first kappa shape index (κ1) is 16.5. The number of halogens is 1. The second kappa shape index (κ2) is 7.93. The summed E-state index contributed by atoms with van der Waals surface area (Å²) in [4.78, 5) is 22.9. The van der Waals surface area contributed by atoms with Gasteiger partial charge in [0.2, 0.25) is 0 Å². The lowest BCUT2D eigenvalue weighted by atomic mass is 10.0. The Hall–Kier alpha value is -2.89. The number of carboxylic acids is 1. The Labute approximate surface area is 132 Å². The molecule has 23 heavy (non-hydrogen) atoms. The molecule has 0 saturated carbocycles. The van der Waals surface area contributed by atoms with Crippen molar-refractivity contribution in [2.45, 2.75) is 12.5 Å². The minimum Gasteiger partial charge on any atom is -0.484 e. The van der Waals surface area contributed by atoms with E-state index in [-0.39, 0.29) is 13.0 Å². The van der Waals surface area contributed by atoms with Crippen molar-refractivity contribution < 1.29 is 23.8 Å². The standard InChI is InChI=1S/C17H16FNO4/c18-13-8-6-12(7-9-13)15(10-17(21)22)19-16(20)11-23-14-4-2-1-3-5-14/h1-9,15H,10-11H2,(H,19,20)(H,21,22). The predicted molar refractivity (Wildman–Crippen MR) is 81.5 cm³/mol. The van der Waals surface area contributed by atoms with Crippen LogP contribution in [0, 0.1) is 5.82 Å². The van der Waals surface area contributed by atoms with E-state index in [1.807, 2.05) is 6.07 Å². The van der Waals surface area contributed by atoms with E-state index in [1.165, 1.54) is 24.3 Å². The van der Waals surface area contributed by atoms with Gasteiger partial charge in [-0.2, -0.15) is 0 Å². The van der Waals surface area contributed by atoms with Crippen molar-refractivity contribution in [1.82, 2.24) is 5.32 Å². The highest BCUT2D eigenvalue weighted by atomic mass is 19.1. The molecular formula is C17H16FNO4. The smallest absolute Gasteiger partial charge is 0.305 e. The molecule has 0 aliphatic heterocycles. The molecule has 1 amide bonds. The Morgan fingerprint density at radius 3 is 2.35 bits per heavy atom. The molecule has 2 aromatic rings. The van der Waals surface area contributed by atoms with Gasteiger partial charge in [0, 0.05) is 0 Å². The third-order valence-electron chi connectivity index (χ3n) is 3.10. The Bertz CT molecular complexity index is 658. The SMILES string of the molecule is O=C(O)CC(NC(=O)COc1ccccc1)c1ccc(F)cc1. The summed E-state index contributed by atoms with van der Waals surface area (Å²) >= 11 is 0. The van der Waals surface area contributed by atoms with Gasteiger partial charge < -0.3 is 15.2 Å². The zero-order chi connectivity index (χ0) is 16.7. The average Bonchev–Trinajstić information content (AvgIpc) is 2.53. The van der Waals surface area contributed by atoms with Crippen LogP contribution in [0.2, 0.25) is 0 Å². The van der Waals surface area contributed by atoms with Crippen LogP contribution >= 0.6 is 0 Å². The molecule has 0 aliphatic rings. The predicted octanol–water partition coefficient (Wildman–Crippen LogP) is 2.54. The van der Waals surface area contributed by atoms with E-state index >= 15 is 0 Å². The lowest BCUT2D eigenvalue weighted by Gasteiger charge is -2.17. The van der Waals surface area contributed by atoms with E-state index in [1.54, 1.807) is 24.3 Å². The first-order chi connectivity index (χ1) is 11.0. The van der Waals surface area contributed by atoms with E-state index in [2.05, 4.69) is 5.32 Å². The monoisotopic (exact) mass is 317 g/mol. The fourth-order valence-electron chi connectivity index (χ4n) is 2.02. The molecule has 5 nitrogen and oxygen atoms in total. The highest BCUT2D eigenvalue weighted by molar-refractivity contribution is 5.79. The second-order valence-electron chi connectivity index (χ2n) is 4.87. The van der Waals surface area contributed by atoms with E-state index in [9.17, 15) is 14.0 Å². The number of benzene rings is 2. The van der Waals surface area contributed by atoms with E-state index in [0.29, 0.717) is 11.3 Å². The van der Waals surface area contributed by atoms with Gasteiger partial charge in [-0.15, -0.1) is 0 Å². The molecule has 2 aromatic carbocycles. The highest BCUT2D eigenvalue weighted by Crippen LogP contribution is 2.17. The van der Waals surface area contributed by atoms with Crippen LogP contribution in [-0.4, -0.2) is 23.6 Å². The molecule has 0 aliphatic carbocycles. The summed E-state index contributed by atoms with van der Waals surface area (Å²) in [7, 11) is 0. The summed E-state index contributed by atoms with van der Waals surface area (Å²) in [6, 6.07) is 13.4. The number of para-hydroxylation sites is 1. The molecule has 1 unspecified atom stereocenters. The molecule has 0 spiro atoms. The summed E-state index contributed by atoms with van der Waals surface area (Å²) in [6.07, 6.45) is -0.303. The second-order valence-corrected chi connectivity index (χ2v) is 4.87. The number of amides is 1. The topological polar surface area (TPSA) is 75.6 Å². The maximum atomic E-state index is 13.0. The molecule has 0 heterocycles. The Morgan fingerprint density at radius 2 is 1.74 bits per heavy atom. The van der Waals surface area contributed by atoms with Crippen LogP contribution in [0.25, 0.3) is 0 Å². The van der Waals surface area contributed by atoms with Gasteiger partial charge >= 0.3 is 5.97 Å². The Morgan fingerprint density at radius 1 is 1.09 bits per heavy atom. The quantitative estimate of drug-likeness (QED) is 0.823. The Balaban J connectivity index is 1.98. The lowest BCUT2D eigenvalue weighted by Crippen LogP contribution is -2.33. The summed E-state index contributed by atoms with van der Waals surface area (Å²) in [5.74, 6) is -1.41. The van der Waals surface area contributed by atoms with Crippen molar-refractivity contribution in [1.29, 1.82) is 0 Å². The van der Waals surface area contributed by atoms with Crippen LogP contribution in [0.5, 0.6) is 5.75 Å². The van der Waals surface area contributed by atoms with Crippen LogP contribution in [0.1, 0.15) is 18.0 Å². The molecule has 2 N–H and O–H groups in total. The number of hydrogen-bond donors (Lipinski definition) is 2. The highest BCUT2D eigenvalue weighted by Gasteiger charge is 2.18. The van der Waals surface area contributed by atoms with E-state index in [4.69, 9.17) is 9.84 Å². The summed E-state index contributed by atoms with van der Waals surface area (Å²) in [5.41, 5.74) is 0.516. The van der Waals surface area contributed by atoms with Crippen LogP contribution in [0.15, 0.2) is 54.6 Å². The molecule has 0 radical (unpaired) electrons. The first-order valence-electron chi connectivity index (χ1n) is 6.99. The van der Waals surface area contributed by atoms with Gasteiger partial charge in [0.1, 0.15) is 11.6 Å². The minimum absolute atomic E-state index is 0.235. The van der Waals surface area contributed by atoms with Gasteiger partial charge in [-0.3, -0.25) is 9.59 Å². The first-order valence-corrected chi connectivity index (χ1v) is 6.99. The third-order valence-corrected chi connectivity index (χ3v) is 3.10. The molecule has 120 valence electrons. The van der Waals surface area contributed by atoms with Crippen molar-refractivity contribution in [2.24, 2.45) is 0 Å². The van der Waals surface area contributed by atoms with Crippen molar-refractivity contribution in [2.75, 3.05) is 6.61 Å². The van der Waals surface area contributed by atoms with E-state index in [0.717, 1.165) is 0 Å². The number of carbonyl (C=O) groups excluding carboxylic acids is 1. The summed E-state index contributed by atoms with van der Waals surface area (Å²) in [5, 5.41) is 11.6. The van der Waals surface area contributed by atoms with Crippen molar-refractivity contribution >= 4 is 11.9 Å². The molecule has 0 saturated heterocycles. The fraction of sp³-hybridized carbons (Fsp3) is 0.176. The van der Waals surface area contributed by atoms with Gasteiger partial charge in [0.25, 0.3) is 5.91 Å². The summed E-state index contributed by atoms with van der Waals surface area (Å²) in [6.45, 7) is -0.235. The summed E-state index contributed by atoms with van der Waals surface area (Å²) < 4.78 is 18.3. The maximum Gasteiger partial charge on any atom is 0.305 e. The molecule has 0 fully saturated rings. The largest absolute Gasteiger partial charge is 0.484 e. The normalized spacial score (nSPS) is 11.5. The zero-order valence-corrected chi connectivity index (χ0v) is 12.2. The number of rotatable bonds is 7. The number of aliphatic carboxylic acids is 1. The van der Waals surface area contributed by atoms with Gasteiger partial charge in [-0.25, -0.2) is 4.39 Å². The van der Waals surface area contributed by atoms with Crippen LogP contribution in [0.4, 0.5) is 4.39 Å². The lowest BCUT2D eigenvalue weighted by molar-refractivity contribution is -0.137. The Kier molecular flexibility index (Phi) is 5.68. The van der Waals surface area contributed by atoms with Crippen molar-refractivity contribution in [3.8, 4) is 5.75 Å². The minimum atomic E-state index is -1.07. The number of carbonyl (C=O) groups is 2. The van der Waals surface area contributed by atoms with Gasteiger partial charge in [0.15, 0.2) is 6.61 Å². The number of hydrogen-bond acceptors (Lipinski definition) is 3.